The van der Waals surface area contributed by atoms with Crippen molar-refractivity contribution in [2.45, 2.75) is 43.0 Å². The van der Waals surface area contributed by atoms with Gasteiger partial charge in [0.1, 0.15) is 23.3 Å². The van der Waals surface area contributed by atoms with Crippen molar-refractivity contribution < 1.29 is 36.6 Å². The normalized spacial score (nSPS) is 30.8. The minimum absolute atomic E-state index is 0.0154. The Bertz CT molecular complexity index is 971. The second kappa shape index (κ2) is 8.08. The van der Waals surface area contributed by atoms with E-state index in [9.17, 15) is 17.6 Å². The lowest BCUT2D eigenvalue weighted by Gasteiger charge is -2.34. The maximum atomic E-state index is 13.3. The average molecular weight is 462 g/mol. The summed E-state index contributed by atoms with van der Waals surface area (Å²) in [6.45, 7) is 2.46. The van der Waals surface area contributed by atoms with E-state index in [0.29, 0.717) is 13.2 Å². The van der Waals surface area contributed by atoms with Crippen LogP contribution in [0.5, 0.6) is 0 Å². The Balaban J connectivity index is 1.64. The molecule has 0 saturated carbocycles. The molecule has 1 aromatic rings. The molecule has 2 heterocycles. The fourth-order valence-corrected chi connectivity index (χ4v) is 5.70. The third-order valence-electron chi connectivity index (χ3n) is 5.23. The summed E-state index contributed by atoms with van der Waals surface area (Å²) < 4.78 is 64.2. The van der Waals surface area contributed by atoms with Crippen LogP contribution in [0.25, 0.3) is 0 Å². The zero-order valence-corrected chi connectivity index (χ0v) is 17.7. The Labute approximate surface area is 178 Å². The van der Waals surface area contributed by atoms with Crippen molar-refractivity contribution in [2.75, 3.05) is 24.5 Å². The zero-order chi connectivity index (χ0) is 21.5. The molecule has 2 saturated heterocycles. The molecular formula is C19H21ClFNO7S. The lowest BCUT2D eigenvalue weighted by atomic mass is 9.94. The van der Waals surface area contributed by atoms with Gasteiger partial charge in [-0.3, -0.25) is 4.72 Å². The van der Waals surface area contributed by atoms with Crippen molar-refractivity contribution >= 4 is 33.3 Å². The van der Waals surface area contributed by atoms with E-state index >= 15 is 0 Å². The number of sulfonamides is 1. The van der Waals surface area contributed by atoms with Crippen LogP contribution in [-0.2, 0) is 33.8 Å². The fourth-order valence-electron chi connectivity index (χ4n) is 3.87. The first-order valence-electron chi connectivity index (χ1n) is 9.53. The molecule has 1 aromatic carbocycles. The molecule has 3 unspecified atom stereocenters. The van der Waals surface area contributed by atoms with Crippen molar-refractivity contribution in [2.24, 2.45) is 0 Å². The molecule has 1 aliphatic carbocycles. The third kappa shape index (κ3) is 4.06. The Hall–Kier alpha value is -1.72. The van der Waals surface area contributed by atoms with Crippen molar-refractivity contribution in [3.8, 4) is 0 Å². The predicted molar refractivity (Wildman–Crippen MR) is 105 cm³/mol. The molecule has 2 aliphatic heterocycles. The van der Waals surface area contributed by atoms with Gasteiger partial charge in [-0.2, -0.15) is 0 Å². The number of anilines is 1. The smallest absolute Gasteiger partial charge is 0.335 e. The number of fused-ring (bicyclic) bond motifs is 1. The Morgan fingerprint density at radius 2 is 2.03 bits per heavy atom. The highest BCUT2D eigenvalue weighted by atomic mass is 35.5. The van der Waals surface area contributed by atoms with Gasteiger partial charge in [-0.15, -0.1) is 0 Å². The quantitative estimate of drug-likeness (QED) is 0.672. The van der Waals surface area contributed by atoms with Gasteiger partial charge in [0.25, 0.3) is 0 Å². The van der Waals surface area contributed by atoms with E-state index in [1.807, 2.05) is 0 Å². The molecule has 1 spiro atoms. The fraction of sp³-hybridized carbons (Fsp3) is 0.526. The lowest BCUT2D eigenvalue weighted by molar-refractivity contribution is -0.165. The Kier molecular flexibility index (Phi) is 5.80. The highest BCUT2D eigenvalue weighted by Crippen LogP contribution is 2.43. The van der Waals surface area contributed by atoms with E-state index in [2.05, 4.69) is 4.72 Å². The van der Waals surface area contributed by atoms with E-state index in [4.69, 9.17) is 30.5 Å². The molecule has 2 fully saturated rings. The number of halogens is 2. The Morgan fingerprint density at radius 1 is 1.33 bits per heavy atom. The summed E-state index contributed by atoms with van der Waals surface area (Å²) in [7, 11) is -4.11. The zero-order valence-electron chi connectivity index (χ0n) is 16.1. The molecule has 0 bridgehead atoms. The van der Waals surface area contributed by atoms with Gasteiger partial charge >= 0.3 is 5.97 Å². The average Bonchev–Trinajstić information content (AvgIpc) is 3.23. The van der Waals surface area contributed by atoms with Gasteiger partial charge in [-0.25, -0.2) is 17.6 Å². The van der Waals surface area contributed by atoms with E-state index < -0.39 is 32.8 Å². The van der Waals surface area contributed by atoms with Gasteiger partial charge in [0.15, 0.2) is 5.79 Å². The molecule has 164 valence electrons. The molecule has 30 heavy (non-hydrogen) atoms. The number of carbonyl (C=O) groups is 1. The van der Waals surface area contributed by atoms with Crippen LogP contribution in [0, 0.1) is 5.82 Å². The second-order valence-electron chi connectivity index (χ2n) is 7.28. The van der Waals surface area contributed by atoms with Gasteiger partial charge in [-0.05, 0) is 37.6 Å². The highest BCUT2D eigenvalue weighted by molar-refractivity contribution is 7.93. The molecule has 3 aliphatic rings. The molecule has 1 N–H and O–H groups in total. The number of nitrogens with one attached hydrogen (secondary N) is 1. The van der Waals surface area contributed by atoms with Crippen molar-refractivity contribution in [3.63, 3.8) is 0 Å². The summed E-state index contributed by atoms with van der Waals surface area (Å²) in [4.78, 5) is 12.6. The van der Waals surface area contributed by atoms with Gasteiger partial charge < -0.3 is 18.9 Å². The third-order valence-corrected chi connectivity index (χ3v) is 7.28. The minimum atomic E-state index is -4.11. The predicted octanol–water partition coefficient (Wildman–Crippen LogP) is 2.38. The van der Waals surface area contributed by atoms with Gasteiger partial charge in [0.2, 0.25) is 10.0 Å². The minimum Gasteiger partial charge on any atom is -0.463 e. The number of rotatable bonds is 5. The van der Waals surface area contributed by atoms with Crippen LogP contribution in [0.2, 0.25) is 5.02 Å². The van der Waals surface area contributed by atoms with Gasteiger partial charge in [0, 0.05) is 6.42 Å². The standard InChI is InChI=1S/C19H21ClFNO7S/c1-2-27-18(23)12-8-19(28-15-9-26-10-16(15)29-19)6-5-17(12)30(24,25)22-14-4-3-11(21)7-13(14)20/h3-4,7-8,15-17,22H,2,5-6,9-10H2,1H3. The largest absolute Gasteiger partial charge is 0.463 e. The van der Waals surface area contributed by atoms with Crippen LogP contribution < -0.4 is 4.72 Å². The summed E-state index contributed by atoms with van der Waals surface area (Å²) in [5.41, 5.74) is -0.0589. The van der Waals surface area contributed by atoms with Gasteiger partial charge in [0.05, 0.1) is 36.1 Å². The van der Waals surface area contributed by atoms with Crippen molar-refractivity contribution in [3.05, 3.63) is 40.7 Å². The number of hydrogen-bond acceptors (Lipinski definition) is 7. The monoisotopic (exact) mass is 461 g/mol. The van der Waals surface area contributed by atoms with Crippen LogP contribution in [0.1, 0.15) is 19.8 Å². The molecule has 0 aromatic heterocycles. The van der Waals surface area contributed by atoms with Crippen LogP contribution >= 0.6 is 11.6 Å². The summed E-state index contributed by atoms with van der Waals surface area (Å²) in [5, 5.41) is -1.31. The van der Waals surface area contributed by atoms with Crippen LogP contribution in [0.15, 0.2) is 29.8 Å². The van der Waals surface area contributed by atoms with Crippen LogP contribution in [0.3, 0.4) is 0 Å². The molecule has 11 heteroatoms. The van der Waals surface area contributed by atoms with E-state index in [-0.39, 0.29) is 47.9 Å². The lowest BCUT2D eigenvalue weighted by Crippen LogP contribution is -2.43. The highest BCUT2D eigenvalue weighted by Gasteiger charge is 2.53. The van der Waals surface area contributed by atoms with Gasteiger partial charge in [-0.1, -0.05) is 11.6 Å². The number of ether oxygens (including phenoxy) is 4. The maximum absolute atomic E-state index is 13.3. The van der Waals surface area contributed by atoms with Crippen LogP contribution in [-0.4, -0.2) is 57.5 Å². The molecule has 4 rings (SSSR count). The molecule has 8 nitrogen and oxygen atoms in total. The van der Waals surface area contributed by atoms with Crippen molar-refractivity contribution in [1.29, 1.82) is 0 Å². The molecule has 0 radical (unpaired) electrons. The van der Waals surface area contributed by atoms with E-state index in [0.717, 1.165) is 12.1 Å². The molecule has 0 amide bonds. The first-order valence-corrected chi connectivity index (χ1v) is 11.5. The van der Waals surface area contributed by atoms with Crippen LogP contribution in [0.4, 0.5) is 10.1 Å². The second-order valence-corrected chi connectivity index (χ2v) is 9.55. The summed E-state index contributed by atoms with van der Waals surface area (Å²) in [5.74, 6) is -2.56. The summed E-state index contributed by atoms with van der Waals surface area (Å²) >= 11 is 5.95. The maximum Gasteiger partial charge on any atom is 0.335 e. The first kappa shape index (κ1) is 21.5. The molecular weight excluding hydrogens is 441 g/mol. The van der Waals surface area contributed by atoms with E-state index in [1.165, 1.54) is 12.1 Å². The first-order chi connectivity index (χ1) is 14.2. The topological polar surface area (TPSA) is 100 Å². The SMILES string of the molecule is CCOC(=O)C1=CC2(CCC1S(=O)(=O)Nc1ccc(F)cc1Cl)OC1COCC1O2. The number of carbonyl (C=O) groups excluding carboxylic acids is 1. The van der Waals surface area contributed by atoms with Crippen molar-refractivity contribution in [1.82, 2.24) is 0 Å². The Morgan fingerprint density at radius 3 is 2.67 bits per heavy atom. The summed E-state index contributed by atoms with van der Waals surface area (Å²) in [6.07, 6.45) is 1.15. The van der Waals surface area contributed by atoms with E-state index in [1.54, 1.807) is 6.92 Å². The summed E-state index contributed by atoms with van der Waals surface area (Å²) in [6, 6.07) is 3.30. The number of hydrogen-bond donors (Lipinski definition) is 1. The number of esters is 1. The number of benzene rings is 1. The molecule has 3 atom stereocenters.